The van der Waals surface area contributed by atoms with Crippen LogP contribution in [0.15, 0.2) is 85.2 Å². The molecule has 1 N–H and O–H groups in total. The average molecular weight is 410 g/mol. The van der Waals surface area contributed by atoms with Crippen molar-refractivity contribution in [2.45, 2.75) is 39.8 Å². The quantitative estimate of drug-likeness (QED) is 0.494. The van der Waals surface area contributed by atoms with Crippen LogP contribution in [0.2, 0.25) is 0 Å². The van der Waals surface area contributed by atoms with Crippen LogP contribution in [0.4, 0.5) is 5.69 Å². The summed E-state index contributed by atoms with van der Waals surface area (Å²) in [6.07, 6.45) is 4.22. The summed E-state index contributed by atoms with van der Waals surface area (Å²) in [5.41, 5.74) is 7.62. The highest BCUT2D eigenvalue weighted by Gasteiger charge is 2.24. The van der Waals surface area contributed by atoms with E-state index in [-0.39, 0.29) is 12.1 Å². The lowest BCUT2D eigenvalue weighted by Gasteiger charge is -2.29. The number of nitrogens with one attached hydrogen (secondary N) is 1. The molecule has 0 aliphatic carbocycles. The van der Waals surface area contributed by atoms with Gasteiger partial charge in [0.25, 0.3) is 0 Å². The zero-order valence-electron chi connectivity index (χ0n) is 18.8. The number of hydrogen-bond acceptors (Lipinski definition) is 3. The summed E-state index contributed by atoms with van der Waals surface area (Å²) in [5.74, 6) is 0. The number of hydrogen-bond donors (Lipinski definition) is 1. The molecule has 0 aromatic heterocycles. The van der Waals surface area contributed by atoms with E-state index in [0.717, 1.165) is 6.54 Å². The molecule has 1 heterocycles. The SMILES string of the molecule is Cc1cc(C)c(N2[C]N(C[C@@H](N[C@@H](C)c3ccccc3)c3ccccc3)C=C2)c(C)c1. The molecule has 0 saturated carbocycles. The zero-order chi connectivity index (χ0) is 21.8. The molecular weight excluding hydrogens is 378 g/mol. The van der Waals surface area contributed by atoms with Crippen LogP contribution in [0.5, 0.6) is 0 Å². The molecule has 0 unspecified atom stereocenters. The van der Waals surface area contributed by atoms with E-state index in [2.05, 4.69) is 135 Å². The molecule has 3 heteroatoms. The molecule has 0 bridgehead atoms. The Morgan fingerprint density at radius 3 is 2.00 bits per heavy atom. The molecular formula is C28H31N3. The van der Waals surface area contributed by atoms with Gasteiger partial charge in [0.05, 0.1) is 6.04 Å². The van der Waals surface area contributed by atoms with Gasteiger partial charge in [0, 0.05) is 30.7 Å². The smallest absolute Gasteiger partial charge is 0.212 e. The second-order valence-electron chi connectivity index (χ2n) is 8.43. The predicted octanol–water partition coefficient (Wildman–Crippen LogP) is 6.29. The fourth-order valence-electron chi connectivity index (χ4n) is 4.41. The van der Waals surface area contributed by atoms with Crippen molar-refractivity contribution in [3.05, 3.63) is 120 Å². The Hall–Kier alpha value is -3.04. The number of aryl methyl sites for hydroxylation is 3. The third-order valence-corrected chi connectivity index (χ3v) is 5.84. The molecule has 4 rings (SSSR count). The summed E-state index contributed by atoms with van der Waals surface area (Å²) in [4.78, 5) is 4.27. The number of anilines is 1. The van der Waals surface area contributed by atoms with Crippen LogP contribution in [0, 0.1) is 27.4 Å². The van der Waals surface area contributed by atoms with Crippen molar-refractivity contribution in [2.24, 2.45) is 0 Å². The van der Waals surface area contributed by atoms with Gasteiger partial charge in [0.15, 0.2) is 0 Å². The van der Waals surface area contributed by atoms with Crippen molar-refractivity contribution in [3.8, 4) is 0 Å². The third-order valence-electron chi connectivity index (χ3n) is 5.84. The Labute approximate surface area is 187 Å². The van der Waals surface area contributed by atoms with Crippen LogP contribution in [-0.2, 0) is 0 Å². The van der Waals surface area contributed by atoms with Gasteiger partial charge in [-0.3, -0.25) is 0 Å². The van der Waals surface area contributed by atoms with E-state index >= 15 is 0 Å². The van der Waals surface area contributed by atoms with Crippen molar-refractivity contribution in [1.29, 1.82) is 0 Å². The van der Waals surface area contributed by atoms with Crippen molar-refractivity contribution in [3.63, 3.8) is 0 Å². The largest absolute Gasteiger partial charge is 0.344 e. The molecule has 0 amide bonds. The highest BCUT2D eigenvalue weighted by Crippen LogP contribution is 2.31. The first-order valence-corrected chi connectivity index (χ1v) is 11.0. The van der Waals surface area contributed by atoms with Crippen molar-refractivity contribution in [1.82, 2.24) is 10.2 Å². The molecule has 0 spiro atoms. The van der Waals surface area contributed by atoms with Gasteiger partial charge < -0.3 is 15.1 Å². The molecule has 1 aliphatic rings. The van der Waals surface area contributed by atoms with Crippen LogP contribution >= 0.6 is 0 Å². The van der Waals surface area contributed by atoms with Gasteiger partial charge in [-0.25, -0.2) is 0 Å². The van der Waals surface area contributed by atoms with Gasteiger partial charge in [-0.05, 0) is 49.9 Å². The molecule has 1 aliphatic heterocycles. The Balaban J connectivity index is 1.50. The Morgan fingerprint density at radius 1 is 0.806 bits per heavy atom. The predicted molar refractivity (Wildman–Crippen MR) is 129 cm³/mol. The second-order valence-corrected chi connectivity index (χ2v) is 8.43. The summed E-state index contributed by atoms with van der Waals surface area (Å²) < 4.78 is 0. The molecule has 31 heavy (non-hydrogen) atoms. The van der Waals surface area contributed by atoms with E-state index in [0.29, 0.717) is 0 Å². The van der Waals surface area contributed by atoms with E-state index in [1.807, 2.05) is 0 Å². The summed E-state index contributed by atoms with van der Waals surface area (Å²) in [6, 6.07) is 26.2. The minimum atomic E-state index is 0.175. The summed E-state index contributed by atoms with van der Waals surface area (Å²) >= 11 is 0. The van der Waals surface area contributed by atoms with Crippen LogP contribution in [0.1, 0.15) is 46.8 Å². The first-order chi connectivity index (χ1) is 15.0. The minimum Gasteiger partial charge on any atom is -0.344 e. The van der Waals surface area contributed by atoms with Crippen molar-refractivity contribution < 1.29 is 0 Å². The molecule has 3 aromatic rings. The van der Waals surface area contributed by atoms with Crippen molar-refractivity contribution in [2.75, 3.05) is 11.4 Å². The minimum absolute atomic E-state index is 0.175. The van der Waals surface area contributed by atoms with Crippen LogP contribution in [0.3, 0.4) is 0 Å². The van der Waals surface area contributed by atoms with Gasteiger partial charge in [-0.1, -0.05) is 78.4 Å². The Morgan fingerprint density at radius 2 is 1.39 bits per heavy atom. The van der Waals surface area contributed by atoms with Gasteiger partial charge in [-0.2, -0.15) is 0 Å². The number of benzene rings is 3. The first kappa shape index (κ1) is 21.2. The lowest BCUT2D eigenvalue weighted by atomic mass is 10.0. The third kappa shape index (κ3) is 5.00. The Kier molecular flexibility index (Phi) is 6.43. The topological polar surface area (TPSA) is 18.5 Å². The van der Waals surface area contributed by atoms with Gasteiger partial charge in [0.2, 0.25) is 6.67 Å². The van der Waals surface area contributed by atoms with E-state index < -0.39 is 0 Å². The molecule has 2 atom stereocenters. The monoisotopic (exact) mass is 409 g/mol. The van der Waals surface area contributed by atoms with E-state index in [1.165, 1.54) is 33.5 Å². The van der Waals surface area contributed by atoms with Crippen LogP contribution in [-0.4, -0.2) is 11.4 Å². The second kappa shape index (κ2) is 9.40. The molecule has 2 radical (unpaired) electrons. The maximum atomic E-state index is 3.83. The summed E-state index contributed by atoms with van der Waals surface area (Å²) in [6.45, 7) is 13.1. The van der Waals surface area contributed by atoms with Crippen LogP contribution < -0.4 is 10.2 Å². The van der Waals surface area contributed by atoms with Gasteiger partial charge >= 0.3 is 0 Å². The first-order valence-electron chi connectivity index (χ1n) is 11.0. The van der Waals surface area contributed by atoms with Crippen LogP contribution in [0.25, 0.3) is 0 Å². The highest BCUT2D eigenvalue weighted by atomic mass is 15.3. The number of rotatable bonds is 7. The van der Waals surface area contributed by atoms with E-state index in [4.69, 9.17) is 0 Å². The molecule has 0 fully saturated rings. The maximum absolute atomic E-state index is 3.83. The van der Waals surface area contributed by atoms with Gasteiger partial charge in [0.1, 0.15) is 0 Å². The fraction of sp³-hybridized carbons (Fsp3) is 0.250. The standard InChI is InChI=1S/C28H31N3/c1-21-17-22(2)28(23(3)18-21)31-16-15-30(20-31)19-27(26-13-9-6-10-14-26)29-24(4)25-11-7-5-8-12-25/h5-18,24,27,29H,19H2,1-4H3/t24-,27+/m0/s1. The van der Waals surface area contributed by atoms with Crippen molar-refractivity contribution >= 4 is 5.69 Å². The lowest BCUT2D eigenvalue weighted by Crippen LogP contribution is -2.33. The maximum Gasteiger partial charge on any atom is 0.212 e. The fourth-order valence-corrected chi connectivity index (χ4v) is 4.41. The molecule has 0 saturated heterocycles. The normalized spacial score (nSPS) is 15.4. The highest BCUT2D eigenvalue weighted by molar-refractivity contribution is 5.63. The summed E-state index contributed by atoms with van der Waals surface area (Å²) in [5, 5.41) is 3.83. The zero-order valence-corrected chi connectivity index (χ0v) is 18.8. The molecule has 3 aromatic carbocycles. The van der Waals surface area contributed by atoms with E-state index in [1.54, 1.807) is 0 Å². The summed E-state index contributed by atoms with van der Waals surface area (Å²) in [7, 11) is 0. The lowest BCUT2D eigenvalue weighted by molar-refractivity contribution is 0.357. The average Bonchev–Trinajstić information content (AvgIpc) is 3.21. The van der Waals surface area contributed by atoms with Gasteiger partial charge in [-0.15, -0.1) is 0 Å². The number of nitrogens with zero attached hydrogens (tertiary/aromatic N) is 2. The Bertz CT molecular complexity index is 1000. The molecule has 158 valence electrons. The van der Waals surface area contributed by atoms with E-state index in [9.17, 15) is 0 Å². The molecule has 3 nitrogen and oxygen atoms in total.